The lowest BCUT2D eigenvalue weighted by molar-refractivity contribution is -0.132. The fourth-order valence-corrected chi connectivity index (χ4v) is 3.09. The molecule has 0 bridgehead atoms. The van der Waals surface area contributed by atoms with Gasteiger partial charge in [0.25, 0.3) is 0 Å². The number of rotatable bonds is 7. The van der Waals surface area contributed by atoms with Crippen molar-refractivity contribution in [2.24, 2.45) is 5.92 Å². The first-order valence-corrected chi connectivity index (χ1v) is 8.94. The summed E-state index contributed by atoms with van der Waals surface area (Å²) >= 11 is 0. The fraction of sp³-hybridized carbons (Fsp3) is 0.923. The lowest BCUT2D eigenvalue weighted by Crippen LogP contribution is -2.45. The van der Waals surface area contributed by atoms with Crippen LogP contribution >= 0.6 is 12.4 Å². The largest absolute Gasteiger partial charge is 0.342 e. The number of carbonyl (C=O) groups is 1. The van der Waals surface area contributed by atoms with Crippen LogP contribution in [0.5, 0.6) is 0 Å². The molecule has 0 aromatic heterocycles. The quantitative estimate of drug-likeness (QED) is 0.733. The Morgan fingerprint density at radius 1 is 1.29 bits per heavy atom. The summed E-state index contributed by atoms with van der Waals surface area (Å²) in [4.78, 5) is 13.9. The van der Waals surface area contributed by atoms with Crippen molar-refractivity contribution in [1.29, 1.82) is 0 Å². The fourth-order valence-electron chi connectivity index (χ4n) is 2.34. The van der Waals surface area contributed by atoms with Crippen molar-refractivity contribution in [2.45, 2.75) is 26.7 Å². The molecule has 0 aromatic carbocycles. The van der Waals surface area contributed by atoms with E-state index in [0.29, 0.717) is 5.92 Å². The first-order chi connectivity index (χ1) is 9.40. The van der Waals surface area contributed by atoms with Crippen molar-refractivity contribution < 1.29 is 13.2 Å². The van der Waals surface area contributed by atoms with Crippen LogP contribution in [0, 0.1) is 5.92 Å². The molecule has 1 amide bonds. The van der Waals surface area contributed by atoms with Crippen LogP contribution in [0.15, 0.2) is 0 Å². The molecule has 1 aliphatic heterocycles. The average molecular weight is 342 g/mol. The van der Waals surface area contributed by atoms with E-state index in [1.165, 1.54) is 7.05 Å². The third-order valence-corrected chi connectivity index (χ3v) is 5.66. The molecular formula is C13H28ClN3O3S. The Kier molecular flexibility index (Phi) is 9.44. The number of amides is 1. The summed E-state index contributed by atoms with van der Waals surface area (Å²) in [6.45, 7) is 7.06. The summed E-state index contributed by atoms with van der Waals surface area (Å²) in [7, 11) is -1.81. The molecule has 1 rings (SSSR count). The molecule has 1 aliphatic rings. The second kappa shape index (κ2) is 9.61. The summed E-state index contributed by atoms with van der Waals surface area (Å²) in [5.41, 5.74) is 0. The van der Waals surface area contributed by atoms with Gasteiger partial charge >= 0.3 is 0 Å². The van der Waals surface area contributed by atoms with Crippen LogP contribution in [0.25, 0.3) is 0 Å². The topological polar surface area (TPSA) is 69.7 Å². The summed E-state index contributed by atoms with van der Waals surface area (Å²) in [5.74, 6) is 0.559. The highest BCUT2D eigenvalue weighted by molar-refractivity contribution is 7.89. The maximum atomic E-state index is 12.1. The van der Waals surface area contributed by atoms with Crippen LogP contribution in [-0.4, -0.2) is 69.1 Å². The molecule has 1 heterocycles. The normalized spacial score (nSPS) is 16.9. The molecule has 0 aliphatic carbocycles. The average Bonchev–Trinajstić information content (AvgIpc) is 2.45. The maximum absolute atomic E-state index is 12.1. The number of carbonyl (C=O) groups excluding carboxylic acids is 1. The minimum Gasteiger partial charge on any atom is -0.342 e. The van der Waals surface area contributed by atoms with E-state index < -0.39 is 10.0 Å². The molecule has 8 heteroatoms. The lowest BCUT2D eigenvalue weighted by atomic mass is 9.97. The molecule has 126 valence electrons. The van der Waals surface area contributed by atoms with Crippen LogP contribution in [0.2, 0.25) is 0 Å². The van der Waals surface area contributed by atoms with E-state index in [1.807, 2.05) is 0 Å². The van der Waals surface area contributed by atoms with Gasteiger partial charge in [0.05, 0.1) is 12.3 Å². The zero-order valence-corrected chi connectivity index (χ0v) is 14.8. The molecule has 1 fully saturated rings. The zero-order chi connectivity index (χ0) is 15.2. The molecule has 0 spiro atoms. The number of nitrogens with zero attached hydrogens (tertiary/aromatic N) is 2. The Morgan fingerprint density at radius 3 is 2.33 bits per heavy atom. The summed E-state index contributed by atoms with van der Waals surface area (Å²) in [5, 5.41) is 3.33. The van der Waals surface area contributed by atoms with Gasteiger partial charge in [-0.25, -0.2) is 8.42 Å². The highest BCUT2D eigenvalue weighted by Gasteiger charge is 2.25. The van der Waals surface area contributed by atoms with Gasteiger partial charge in [-0.05, 0) is 38.8 Å². The number of hydrogen-bond acceptors (Lipinski definition) is 4. The predicted molar refractivity (Wildman–Crippen MR) is 87.2 cm³/mol. The Bertz CT molecular complexity index is 409. The van der Waals surface area contributed by atoms with E-state index in [0.717, 1.165) is 43.3 Å². The number of piperidine rings is 1. The molecule has 0 atom stereocenters. The molecule has 0 saturated carbocycles. The molecule has 6 nitrogen and oxygen atoms in total. The Hall–Kier alpha value is -0.370. The molecule has 1 N–H and O–H groups in total. The van der Waals surface area contributed by atoms with Crippen molar-refractivity contribution in [3.8, 4) is 0 Å². The van der Waals surface area contributed by atoms with Crippen LogP contribution in [-0.2, 0) is 14.8 Å². The van der Waals surface area contributed by atoms with E-state index in [1.54, 1.807) is 11.8 Å². The van der Waals surface area contributed by atoms with Gasteiger partial charge < -0.3 is 10.2 Å². The Labute approximate surface area is 134 Å². The zero-order valence-electron chi connectivity index (χ0n) is 13.2. The van der Waals surface area contributed by atoms with E-state index in [9.17, 15) is 13.2 Å². The van der Waals surface area contributed by atoms with Gasteiger partial charge in [-0.2, -0.15) is 4.31 Å². The van der Waals surface area contributed by atoms with Gasteiger partial charge in [-0.15, -0.1) is 12.4 Å². The minimum atomic E-state index is -3.28. The smallest absolute Gasteiger partial charge is 0.237 e. The first kappa shape index (κ1) is 20.6. The third-order valence-electron chi connectivity index (χ3n) is 3.85. The Balaban J connectivity index is 0.00000400. The molecule has 0 radical (unpaired) electrons. The van der Waals surface area contributed by atoms with Gasteiger partial charge in [-0.3, -0.25) is 4.79 Å². The van der Waals surface area contributed by atoms with Crippen molar-refractivity contribution in [2.75, 3.05) is 45.5 Å². The number of hydrogen-bond donors (Lipinski definition) is 1. The van der Waals surface area contributed by atoms with Gasteiger partial charge in [0, 0.05) is 20.1 Å². The van der Waals surface area contributed by atoms with E-state index in [2.05, 4.69) is 12.2 Å². The SMILES string of the molecule is CCNCC1CCN(C(=O)CN(C)S(=O)(=O)CC)CC1.Cl. The van der Waals surface area contributed by atoms with Crippen molar-refractivity contribution >= 4 is 28.3 Å². The van der Waals surface area contributed by atoms with E-state index in [-0.39, 0.29) is 30.6 Å². The van der Waals surface area contributed by atoms with Crippen LogP contribution in [0.1, 0.15) is 26.7 Å². The maximum Gasteiger partial charge on any atom is 0.237 e. The highest BCUT2D eigenvalue weighted by atomic mass is 35.5. The number of sulfonamides is 1. The van der Waals surface area contributed by atoms with Crippen molar-refractivity contribution in [3.05, 3.63) is 0 Å². The molecule has 21 heavy (non-hydrogen) atoms. The summed E-state index contributed by atoms with van der Waals surface area (Å²) in [6.07, 6.45) is 1.98. The highest BCUT2D eigenvalue weighted by Crippen LogP contribution is 2.16. The van der Waals surface area contributed by atoms with E-state index >= 15 is 0 Å². The molecule has 0 aromatic rings. The molecule has 1 saturated heterocycles. The second-order valence-electron chi connectivity index (χ2n) is 5.29. The number of likely N-dealkylation sites (tertiary alicyclic amines) is 1. The first-order valence-electron chi connectivity index (χ1n) is 7.33. The summed E-state index contributed by atoms with van der Waals surface area (Å²) < 4.78 is 24.4. The lowest BCUT2D eigenvalue weighted by Gasteiger charge is -2.33. The van der Waals surface area contributed by atoms with Gasteiger partial charge in [0.1, 0.15) is 0 Å². The van der Waals surface area contributed by atoms with Gasteiger partial charge in [0.2, 0.25) is 15.9 Å². The minimum absolute atomic E-state index is 0. The van der Waals surface area contributed by atoms with Crippen molar-refractivity contribution in [3.63, 3.8) is 0 Å². The van der Waals surface area contributed by atoms with Crippen LogP contribution in [0.4, 0.5) is 0 Å². The second-order valence-corrected chi connectivity index (χ2v) is 7.65. The van der Waals surface area contributed by atoms with Crippen LogP contribution in [0.3, 0.4) is 0 Å². The van der Waals surface area contributed by atoms with Crippen molar-refractivity contribution in [1.82, 2.24) is 14.5 Å². The predicted octanol–water partition coefficient (Wildman–Crippen LogP) is 0.538. The number of nitrogens with one attached hydrogen (secondary N) is 1. The monoisotopic (exact) mass is 341 g/mol. The molecular weight excluding hydrogens is 314 g/mol. The molecule has 0 unspecified atom stereocenters. The number of halogens is 1. The summed E-state index contributed by atoms with van der Waals surface area (Å²) in [6, 6.07) is 0. The van der Waals surface area contributed by atoms with Crippen LogP contribution < -0.4 is 5.32 Å². The number of likely N-dealkylation sites (N-methyl/N-ethyl adjacent to an activating group) is 1. The van der Waals surface area contributed by atoms with E-state index in [4.69, 9.17) is 0 Å². The van der Waals surface area contributed by atoms with Gasteiger partial charge in [0.15, 0.2) is 0 Å². The standard InChI is InChI=1S/C13H27N3O3S.ClH/c1-4-14-10-12-6-8-16(9-7-12)13(17)11-15(3)20(18,19)5-2;/h12,14H,4-11H2,1-3H3;1H. The Morgan fingerprint density at radius 2 is 1.86 bits per heavy atom. The van der Waals surface area contributed by atoms with Gasteiger partial charge in [-0.1, -0.05) is 6.92 Å². The third kappa shape index (κ3) is 6.50.